The maximum Gasteiger partial charge on any atom is 0.434 e. The van der Waals surface area contributed by atoms with Gasteiger partial charge in [0.25, 0.3) is 5.91 Å². The number of carbonyl (C=O) groups is 1. The van der Waals surface area contributed by atoms with Crippen LogP contribution in [0.2, 0.25) is 0 Å². The molecule has 0 saturated heterocycles. The molecule has 0 bridgehead atoms. The van der Waals surface area contributed by atoms with Crippen molar-refractivity contribution in [1.82, 2.24) is 29.5 Å². The number of pyridine rings is 2. The van der Waals surface area contributed by atoms with E-state index in [0.717, 1.165) is 6.20 Å². The molecule has 1 aromatic carbocycles. The predicted octanol–water partition coefficient (Wildman–Crippen LogP) is 4.36. The van der Waals surface area contributed by atoms with Crippen LogP contribution in [0.25, 0.3) is 27.8 Å². The van der Waals surface area contributed by atoms with Crippen molar-refractivity contribution < 1.29 is 18.0 Å². The Bertz CT molecular complexity index is 1660. The van der Waals surface area contributed by atoms with Crippen LogP contribution in [0.4, 0.5) is 18.9 Å². The lowest BCUT2D eigenvalue weighted by atomic mass is 10.1. The first kappa shape index (κ1) is 22.7. The van der Waals surface area contributed by atoms with Gasteiger partial charge in [0.05, 0.1) is 41.1 Å². The average molecular weight is 488 g/mol. The van der Waals surface area contributed by atoms with E-state index in [1.807, 2.05) is 6.07 Å². The molecule has 0 unspecified atom stereocenters. The fourth-order valence-corrected chi connectivity index (χ4v) is 3.80. The lowest BCUT2D eigenvalue weighted by Gasteiger charge is -2.14. The number of aromatic nitrogens is 6. The van der Waals surface area contributed by atoms with E-state index < -0.39 is 23.3 Å². The Labute approximate surface area is 201 Å². The smallest absolute Gasteiger partial charge is 0.320 e. The first-order valence-electron chi connectivity index (χ1n) is 10.5. The molecule has 0 fully saturated rings. The number of hydrogen-bond donors (Lipinski definition) is 1. The number of amides is 1. The van der Waals surface area contributed by atoms with E-state index in [1.165, 1.54) is 29.3 Å². The minimum Gasteiger partial charge on any atom is -0.320 e. The van der Waals surface area contributed by atoms with Crippen molar-refractivity contribution in [1.29, 1.82) is 5.26 Å². The van der Waals surface area contributed by atoms with Crippen molar-refractivity contribution in [2.45, 2.75) is 6.18 Å². The lowest BCUT2D eigenvalue weighted by Crippen LogP contribution is -2.21. The maximum absolute atomic E-state index is 14.2. The number of nitrogens with one attached hydrogen (secondary N) is 1. The third-order valence-electron chi connectivity index (χ3n) is 5.38. The number of nitriles is 1. The van der Waals surface area contributed by atoms with E-state index in [-0.39, 0.29) is 22.6 Å². The van der Waals surface area contributed by atoms with E-state index in [1.54, 1.807) is 43.6 Å². The highest BCUT2D eigenvalue weighted by Gasteiger charge is 2.41. The van der Waals surface area contributed by atoms with Gasteiger partial charge in [0.1, 0.15) is 17.5 Å². The summed E-state index contributed by atoms with van der Waals surface area (Å²) in [6.45, 7) is 0. The van der Waals surface area contributed by atoms with Gasteiger partial charge < -0.3 is 5.32 Å². The molecule has 0 aliphatic rings. The van der Waals surface area contributed by atoms with Crippen molar-refractivity contribution in [3.8, 4) is 23.1 Å². The molecule has 0 saturated carbocycles. The molecule has 12 heteroatoms. The molecule has 1 N–H and O–H groups in total. The topological polar surface area (TPSA) is 114 Å². The van der Waals surface area contributed by atoms with Gasteiger partial charge in [0.15, 0.2) is 5.69 Å². The first-order chi connectivity index (χ1) is 17.3. The monoisotopic (exact) mass is 488 g/mol. The summed E-state index contributed by atoms with van der Waals surface area (Å²) < 4.78 is 44.7. The van der Waals surface area contributed by atoms with Gasteiger partial charge in [-0.15, -0.1) is 0 Å². The molecule has 5 aromatic rings. The number of nitrogens with zero attached hydrogens (tertiary/aromatic N) is 7. The van der Waals surface area contributed by atoms with Crippen molar-refractivity contribution >= 4 is 22.4 Å². The number of fused-ring (bicyclic) bond motifs is 1. The third-order valence-corrected chi connectivity index (χ3v) is 5.38. The molecule has 0 radical (unpaired) electrons. The van der Waals surface area contributed by atoms with Crippen molar-refractivity contribution in [3.05, 3.63) is 84.2 Å². The number of alkyl halides is 3. The highest BCUT2D eigenvalue weighted by atomic mass is 19.4. The number of aryl methyl sites for hydroxylation is 1. The SMILES string of the molecule is Cn1ccc(-c2ncc(NC(=O)c3cnn(-c4cncc5ccccc45)c3C(F)(F)F)cc2C#N)n1. The summed E-state index contributed by atoms with van der Waals surface area (Å²) >= 11 is 0. The molecule has 9 nitrogen and oxygen atoms in total. The highest BCUT2D eigenvalue weighted by Crippen LogP contribution is 2.35. The van der Waals surface area contributed by atoms with E-state index in [4.69, 9.17) is 0 Å². The largest absolute Gasteiger partial charge is 0.434 e. The van der Waals surface area contributed by atoms with E-state index in [9.17, 15) is 23.2 Å². The van der Waals surface area contributed by atoms with Crippen LogP contribution in [-0.2, 0) is 13.2 Å². The predicted molar refractivity (Wildman–Crippen MR) is 123 cm³/mol. The van der Waals surface area contributed by atoms with Gasteiger partial charge >= 0.3 is 6.18 Å². The summed E-state index contributed by atoms with van der Waals surface area (Å²) in [7, 11) is 1.71. The third kappa shape index (κ3) is 4.03. The molecule has 1 amide bonds. The van der Waals surface area contributed by atoms with Crippen LogP contribution in [0, 0.1) is 11.3 Å². The molecule has 0 spiro atoms. The molecule has 0 aliphatic heterocycles. The van der Waals surface area contributed by atoms with Crippen LogP contribution in [-0.4, -0.2) is 35.4 Å². The molecule has 0 aliphatic carbocycles. The number of carbonyl (C=O) groups excluding carboxylic acids is 1. The van der Waals surface area contributed by atoms with E-state index in [2.05, 4.69) is 25.5 Å². The number of anilines is 1. The lowest BCUT2D eigenvalue weighted by molar-refractivity contribution is -0.143. The normalized spacial score (nSPS) is 11.4. The van der Waals surface area contributed by atoms with Crippen LogP contribution in [0.15, 0.2) is 67.4 Å². The summed E-state index contributed by atoms with van der Waals surface area (Å²) in [6, 6.07) is 11.7. The second-order valence-corrected chi connectivity index (χ2v) is 7.76. The van der Waals surface area contributed by atoms with Gasteiger partial charge in [-0.3, -0.25) is 19.4 Å². The van der Waals surface area contributed by atoms with Crippen LogP contribution in [0.5, 0.6) is 0 Å². The van der Waals surface area contributed by atoms with Crippen molar-refractivity contribution in [2.75, 3.05) is 5.32 Å². The molecule has 36 heavy (non-hydrogen) atoms. The van der Waals surface area contributed by atoms with Crippen LogP contribution in [0.1, 0.15) is 21.6 Å². The van der Waals surface area contributed by atoms with E-state index in [0.29, 0.717) is 21.1 Å². The molecule has 5 rings (SSSR count). The van der Waals surface area contributed by atoms with Crippen LogP contribution < -0.4 is 5.32 Å². The Morgan fingerprint density at radius 1 is 1.11 bits per heavy atom. The zero-order valence-electron chi connectivity index (χ0n) is 18.5. The minimum atomic E-state index is -4.90. The van der Waals surface area contributed by atoms with Crippen molar-refractivity contribution in [2.24, 2.45) is 7.05 Å². The number of rotatable bonds is 4. The summed E-state index contributed by atoms with van der Waals surface area (Å²) in [5, 5.41) is 21.1. The number of halogens is 3. The Hall–Kier alpha value is -5.05. The second-order valence-electron chi connectivity index (χ2n) is 7.76. The minimum absolute atomic E-state index is 0.0453. The summed E-state index contributed by atoms with van der Waals surface area (Å²) in [5.74, 6) is -1.06. The summed E-state index contributed by atoms with van der Waals surface area (Å²) in [4.78, 5) is 21.1. The van der Waals surface area contributed by atoms with Gasteiger partial charge in [0, 0.05) is 30.2 Å². The number of benzene rings is 1. The van der Waals surface area contributed by atoms with Gasteiger partial charge in [-0.2, -0.15) is 28.6 Å². The number of hydrogen-bond acceptors (Lipinski definition) is 6. The molecule has 4 aromatic heterocycles. The van der Waals surface area contributed by atoms with Gasteiger partial charge in [-0.05, 0) is 12.1 Å². The summed E-state index contributed by atoms with van der Waals surface area (Å²) in [5.41, 5.74) is -1.00. The molecule has 178 valence electrons. The average Bonchev–Trinajstić information content (AvgIpc) is 3.50. The van der Waals surface area contributed by atoms with Gasteiger partial charge in [-0.25, -0.2) is 4.68 Å². The molecule has 4 heterocycles. The highest BCUT2D eigenvalue weighted by molar-refractivity contribution is 6.05. The molecular formula is C24H15F3N8O. The fourth-order valence-electron chi connectivity index (χ4n) is 3.80. The Kier molecular flexibility index (Phi) is 5.44. The van der Waals surface area contributed by atoms with Crippen LogP contribution >= 0.6 is 0 Å². The van der Waals surface area contributed by atoms with E-state index >= 15 is 0 Å². The first-order valence-corrected chi connectivity index (χ1v) is 10.5. The van der Waals surface area contributed by atoms with Crippen molar-refractivity contribution in [3.63, 3.8) is 0 Å². The second kappa shape index (κ2) is 8.62. The fraction of sp³-hybridized carbons (Fsp3) is 0.0833. The van der Waals surface area contributed by atoms with Crippen LogP contribution in [0.3, 0.4) is 0 Å². The standard InChI is InChI=1S/C24H15F3N8O/c1-34-7-6-19(33-34)21-15(9-28)8-16(11-30-21)32-23(36)18-12-31-35(22(18)24(25,26)27)20-13-29-10-14-4-2-3-5-17(14)20/h2-8,10-13H,1H3,(H,32,36). The summed E-state index contributed by atoms with van der Waals surface area (Å²) in [6.07, 6.45) is 1.65. The van der Waals surface area contributed by atoms with Gasteiger partial charge in [0.2, 0.25) is 0 Å². The Morgan fingerprint density at radius 3 is 2.64 bits per heavy atom. The Morgan fingerprint density at radius 2 is 1.92 bits per heavy atom. The zero-order chi connectivity index (χ0) is 25.4. The molecular weight excluding hydrogens is 473 g/mol. The maximum atomic E-state index is 14.2. The molecule has 0 atom stereocenters. The van der Waals surface area contributed by atoms with Gasteiger partial charge in [-0.1, -0.05) is 24.3 Å². The Balaban J connectivity index is 1.53. The zero-order valence-corrected chi connectivity index (χ0v) is 18.5. The quantitative estimate of drug-likeness (QED) is 0.402.